The van der Waals surface area contributed by atoms with E-state index in [0.29, 0.717) is 23.5 Å². The van der Waals surface area contributed by atoms with E-state index in [-0.39, 0.29) is 17.9 Å². The van der Waals surface area contributed by atoms with Crippen molar-refractivity contribution < 1.29 is 14.1 Å². The van der Waals surface area contributed by atoms with Crippen LogP contribution in [0.4, 0.5) is 5.82 Å². The molecule has 1 saturated heterocycles. The third-order valence-electron chi connectivity index (χ3n) is 5.37. The zero-order valence-corrected chi connectivity index (χ0v) is 15.9. The third kappa shape index (κ3) is 3.24. The van der Waals surface area contributed by atoms with Crippen LogP contribution in [0.5, 0.6) is 5.88 Å². The second-order valence-electron chi connectivity index (χ2n) is 7.78. The van der Waals surface area contributed by atoms with Crippen LogP contribution < -0.4 is 15.4 Å². The van der Waals surface area contributed by atoms with Crippen LogP contribution >= 0.6 is 0 Å². The van der Waals surface area contributed by atoms with E-state index in [4.69, 9.17) is 9.26 Å². The number of carbonyl (C=O) groups is 1. The van der Waals surface area contributed by atoms with Gasteiger partial charge in [0, 0.05) is 37.2 Å². The number of amides is 1. The largest absolute Gasteiger partial charge is 0.470 e. The summed E-state index contributed by atoms with van der Waals surface area (Å²) in [7, 11) is 0. The molecule has 28 heavy (non-hydrogen) atoms. The fourth-order valence-corrected chi connectivity index (χ4v) is 3.69. The Balaban J connectivity index is 1.42. The Bertz CT molecular complexity index is 1040. The Kier molecular flexibility index (Phi) is 4.08. The molecule has 0 unspecified atom stereocenters. The molecule has 1 amide bonds. The quantitative estimate of drug-likeness (QED) is 0.706. The molecule has 146 valence electrons. The van der Waals surface area contributed by atoms with E-state index < -0.39 is 0 Å². The predicted octanol–water partition coefficient (Wildman–Crippen LogP) is 2.78. The molecular formula is C20H23N5O3. The van der Waals surface area contributed by atoms with Crippen LogP contribution in [0, 0.1) is 12.8 Å². The number of rotatable bonds is 5. The molecule has 0 spiro atoms. The van der Waals surface area contributed by atoms with Gasteiger partial charge in [-0.15, -0.1) is 0 Å². The molecule has 5 rings (SSSR count). The zero-order chi connectivity index (χ0) is 19.3. The van der Waals surface area contributed by atoms with E-state index in [1.165, 1.54) is 0 Å². The molecule has 2 N–H and O–H groups in total. The number of aryl methyl sites for hydroxylation is 1. The Morgan fingerprint density at radius 2 is 2.25 bits per heavy atom. The minimum atomic E-state index is 0.0496. The van der Waals surface area contributed by atoms with Gasteiger partial charge < -0.3 is 19.9 Å². The fourth-order valence-electron chi connectivity index (χ4n) is 3.69. The molecule has 1 aliphatic heterocycles. The number of nitrogens with one attached hydrogen (secondary N) is 2. The maximum Gasteiger partial charge on any atom is 0.262 e. The first-order chi connectivity index (χ1) is 13.6. The van der Waals surface area contributed by atoms with E-state index in [2.05, 4.69) is 27.8 Å². The highest BCUT2D eigenvalue weighted by atomic mass is 16.5. The lowest BCUT2D eigenvalue weighted by Gasteiger charge is -2.11. The maximum absolute atomic E-state index is 12.0. The van der Waals surface area contributed by atoms with Crippen LogP contribution in [0.2, 0.25) is 0 Å². The van der Waals surface area contributed by atoms with E-state index in [1.807, 2.05) is 31.3 Å². The van der Waals surface area contributed by atoms with Crippen molar-refractivity contribution in [3.63, 3.8) is 0 Å². The highest BCUT2D eigenvalue weighted by Crippen LogP contribution is 2.35. The smallest absolute Gasteiger partial charge is 0.262 e. The van der Waals surface area contributed by atoms with Gasteiger partial charge in [-0.1, -0.05) is 0 Å². The van der Waals surface area contributed by atoms with Crippen molar-refractivity contribution in [1.29, 1.82) is 0 Å². The molecule has 2 atom stereocenters. The van der Waals surface area contributed by atoms with Gasteiger partial charge in [-0.25, -0.2) is 4.52 Å². The highest BCUT2D eigenvalue weighted by molar-refractivity contribution is 5.93. The second-order valence-corrected chi connectivity index (χ2v) is 7.78. The van der Waals surface area contributed by atoms with Crippen molar-refractivity contribution in [2.75, 3.05) is 11.9 Å². The first-order valence-electron chi connectivity index (χ1n) is 9.74. The summed E-state index contributed by atoms with van der Waals surface area (Å²) in [5.74, 6) is 1.99. The molecule has 0 aromatic carbocycles. The summed E-state index contributed by atoms with van der Waals surface area (Å²) in [6.07, 6.45) is 4.83. The molecule has 0 bridgehead atoms. The van der Waals surface area contributed by atoms with Crippen LogP contribution in [0.15, 0.2) is 28.9 Å². The molecule has 2 aliphatic rings. The first kappa shape index (κ1) is 17.2. The van der Waals surface area contributed by atoms with Crippen LogP contribution in [0.25, 0.3) is 16.6 Å². The van der Waals surface area contributed by atoms with Crippen molar-refractivity contribution in [2.24, 2.45) is 5.92 Å². The van der Waals surface area contributed by atoms with E-state index in [0.717, 1.165) is 42.5 Å². The Morgan fingerprint density at radius 1 is 1.39 bits per heavy atom. The van der Waals surface area contributed by atoms with Gasteiger partial charge in [-0.3, -0.25) is 4.79 Å². The normalized spacial score (nSPS) is 21.9. The molecule has 1 aliphatic carbocycles. The van der Waals surface area contributed by atoms with Crippen molar-refractivity contribution in [2.45, 2.75) is 45.3 Å². The highest BCUT2D eigenvalue weighted by Gasteiger charge is 2.30. The van der Waals surface area contributed by atoms with Gasteiger partial charge in [0.15, 0.2) is 5.82 Å². The number of pyridine rings is 1. The Labute approximate surface area is 162 Å². The van der Waals surface area contributed by atoms with Crippen LogP contribution in [0.1, 0.15) is 31.9 Å². The summed E-state index contributed by atoms with van der Waals surface area (Å²) in [6.45, 7) is 4.83. The summed E-state index contributed by atoms with van der Waals surface area (Å²) in [5.41, 5.74) is 2.68. The van der Waals surface area contributed by atoms with Gasteiger partial charge in [-0.2, -0.15) is 5.10 Å². The number of nitrogens with zero attached hydrogens (tertiary/aromatic N) is 3. The number of ether oxygens (including phenoxy) is 1. The van der Waals surface area contributed by atoms with Crippen LogP contribution in [-0.4, -0.2) is 39.4 Å². The van der Waals surface area contributed by atoms with Crippen molar-refractivity contribution in [1.82, 2.24) is 20.1 Å². The van der Waals surface area contributed by atoms with Crippen LogP contribution in [0.3, 0.4) is 0 Å². The minimum absolute atomic E-state index is 0.0496. The second kappa shape index (κ2) is 6.63. The SMILES string of the molecule is Cc1onc(O[C@@H]2CN[C@H](C)C2)c1-c1ccn2nc(NC(=O)C3CC3)cc2c1. The third-order valence-corrected chi connectivity index (χ3v) is 5.37. The van der Waals surface area contributed by atoms with Gasteiger partial charge >= 0.3 is 0 Å². The summed E-state index contributed by atoms with van der Waals surface area (Å²) in [5, 5.41) is 14.8. The lowest BCUT2D eigenvalue weighted by molar-refractivity contribution is -0.117. The van der Waals surface area contributed by atoms with Gasteiger partial charge in [0.05, 0.1) is 11.1 Å². The number of hydrogen-bond donors (Lipinski definition) is 2. The molecular weight excluding hydrogens is 358 g/mol. The fraction of sp³-hybridized carbons (Fsp3) is 0.450. The van der Waals surface area contributed by atoms with Crippen molar-refractivity contribution >= 4 is 17.2 Å². The monoisotopic (exact) mass is 381 g/mol. The summed E-state index contributed by atoms with van der Waals surface area (Å²) < 4.78 is 13.3. The number of hydrogen-bond acceptors (Lipinski definition) is 6. The number of carbonyl (C=O) groups excluding carboxylic acids is 1. The van der Waals surface area contributed by atoms with Gasteiger partial charge in [0.1, 0.15) is 11.9 Å². The first-order valence-corrected chi connectivity index (χ1v) is 9.74. The van der Waals surface area contributed by atoms with E-state index in [9.17, 15) is 4.79 Å². The van der Waals surface area contributed by atoms with Crippen molar-refractivity contribution in [3.8, 4) is 17.0 Å². The molecule has 3 aromatic heterocycles. The maximum atomic E-state index is 12.0. The molecule has 2 fully saturated rings. The van der Waals surface area contributed by atoms with Gasteiger partial charge in [-0.05, 0) is 49.5 Å². The summed E-state index contributed by atoms with van der Waals surface area (Å²) >= 11 is 0. The number of anilines is 1. The molecule has 4 heterocycles. The average Bonchev–Trinajstić information content (AvgIpc) is 3.19. The topological polar surface area (TPSA) is 93.7 Å². The number of aromatic nitrogens is 3. The average molecular weight is 381 g/mol. The zero-order valence-electron chi connectivity index (χ0n) is 15.9. The predicted molar refractivity (Wildman–Crippen MR) is 103 cm³/mol. The lowest BCUT2D eigenvalue weighted by Crippen LogP contribution is -2.20. The minimum Gasteiger partial charge on any atom is -0.470 e. The Morgan fingerprint density at radius 3 is 3.00 bits per heavy atom. The molecule has 8 nitrogen and oxygen atoms in total. The van der Waals surface area contributed by atoms with Crippen molar-refractivity contribution in [3.05, 3.63) is 30.2 Å². The van der Waals surface area contributed by atoms with E-state index >= 15 is 0 Å². The molecule has 1 saturated carbocycles. The number of fused-ring (bicyclic) bond motifs is 1. The van der Waals surface area contributed by atoms with E-state index in [1.54, 1.807) is 4.52 Å². The molecule has 3 aromatic rings. The summed E-state index contributed by atoms with van der Waals surface area (Å²) in [6, 6.07) is 6.26. The summed E-state index contributed by atoms with van der Waals surface area (Å²) in [4.78, 5) is 12.0. The Hall–Kier alpha value is -2.87. The molecule has 8 heteroatoms. The van der Waals surface area contributed by atoms with Gasteiger partial charge in [0.25, 0.3) is 5.88 Å². The standard InChI is InChI=1S/C20H23N5O3/c1-11-7-16(10-21-11)27-20-18(12(2)28-24-20)14-5-6-25-15(8-14)9-17(23-25)22-19(26)13-3-4-13/h5-6,8-9,11,13,16,21H,3-4,7,10H2,1-2H3,(H,22,23,26)/t11-,16+/m1/s1. The van der Waals surface area contributed by atoms with Crippen LogP contribution in [-0.2, 0) is 4.79 Å². The lowest BCUT2D eigenvalue weighted by atomic mass is 10.1. The van der Waals surface area contributed by atoms with Gasteiger partial charge in [0.2, 0.25) is 5.91 Å². The molecule has 0 radical (unpaired) electrons.